The van der Waals surface area contributed by atoms with Crippen LogP contribution < -0.4 is 5.32 Å². The van der Waals surface area contributed by atoms with E-state index in [4.69, 9.17) is 4.74 Å². The van der Waals surface area contributed by atoms with E-state index >= 15 is 0 Å². The minimum atomic E-state index is -0.388. The zero-order valence-corrected chi connectivity index (χ0v) is 15.8. The molecule has 0 atom stereocenters. The Bertz CT molecular complexity index is 992. The van der Waals surface area contributed by atoms with Crippen molar-refractivity contribution in [1.82, 2.24) is 9.38 Å². The number of benzene rings is 1. The van der Waals surface area contributed by atoms with E-state index in [1.165, 1.54) is 0 Å². The molecule has 1 N–H and O–H groups in total. The Morgan fingerprint density at radius 3 is 2.78 bits per heavy atom. The monoisotopic (exact) mass is 365 g/mol. The van der Waals surface area contributed by atoms with Crippen LogP contribution in [-0.2, 0) is 4.74 Å². The van der Waals surface area contributed by atoms with Crippen molar-refractivity contribution in [3.63, 3.8) is 0 Å². The Morgan fingerprint density at radius 2 is 2.00 bits per heavy atom. The fourth-order valence-corrected chi connectivity index (χ4v) is 2.90. The maximum Gasteiger partial charge on any atom is 0.338 e. The molecular weight excluding hydrogens is 342 g/mol. The molecule has 0 saturated heterocycles. The van der Waals surface area contributed by atoms with Gasteiger partial charge in [0.1, 0.15) is 11.3 Å². The van der Waals surface area contributed by atoms with Gasteiger partial charge in [-0.15, -0.1) is 0 Å². The van der Waals surface area contributed by atoms with Crippen molar-refractivity contribution >= 4 is 23.2 Å². The predicted molar refractivity (Wildman–Crippen MR) is 104 cm³/mol. The number of hydrogen-bond acceptors (Lipinski definition) is 4. The molecule has 3 aromatic rings. The number of aromatic nitrogens is 2. The van der Waals surface area contributed by atoms with E-state index in [-0.39, 0.29) is 11.9 Å². The third kappa shape index (κ3) is 4.00. The van der Waals surface area contributed by atoms with Gasteiger partial charge in [-0.3, -0.25) is 9.20 Å². The highest BCUT2D eigenvalue weighted by atomic mass is 16.5. The molecule has 3 rings (SSSR count). The van der Waals surface area contributed by atoms with Crippen molar-refractivity contribution < 1.29 is 14.3 Å². The van der Waals surface area contributed by atoms with Crippen molar-refractivity contribution in [3.05, 3.63) is 65.1 Å². The standard InChI is InChI=1S/C21H23N3O3/c1-4-5-12-27-21(26)16-9-6-10-17(13-16)23-20(25)18-15(3)22-19-14(2)8-7-11-24(18)19/h6-11,13H,4-5,12H2,1-3H3,(H,23,25). The molecule has 6 heteroatoms. The summed E-state index contributed by atoms with van der Waals surface area (Å²) in [6.45, 7) is 6.19. The van der Waals surface area contributed by atoms with Gasteiger partial charge in [0.2, 0.25) is 0 Å². The Kier molecular flexibility index (Phi) is 5.54. The van der Waals surface area contributed by atoms with Crippen LogP contribution >= 0.6 is 0 Å². The fraction of sp³-hybridized carbons (Fsp3) is 0.286. The number of carbonyl (C=O) groups excluding carboxylic acids is 2. The molecule has 0 radical (unpaired) electrons. The molecule has 2 aromatic heterocycles. The molecule has 0 aliphatic heterocycles. The van der Waals surface area contributed by atoms with Crippen molar-refractivity contribution in [1.29, 1.82) is 0 Å². The number of imidazole rings is 1. The van der Waals surface area contributed by atoms with Crippen LogP contribution in [0.25, 0.3) is 5.65 Å². The first-order valence-electron chi connectivity index (χ1n) is 9.04. The first kappa shape index (κ1) is 18.6. The molecule has 2 heterocycles. The summed E-state index contributed by atoms with van der Waals surface area (Å²) in [6, 6.07) is 10.6. The molecular formula is C21H23N3O3. The number of ether oxygens (including phenoxy) is 1. The van der Waals surface area contributed by atoms with Crippen LogP contribution in [0.2, 0.25) is 0 Å². The van der Waals surface area contributed by atoms with E-state index in [9.17, 15) is 9.59 Å². The van der Waals surface area contributed by atoms with Crippen LogP contribution in [0.3, 0.4) is 0 Å². The van der Waals surface area contributed by atoms with Crippen molar-refractivity contribution in [2.45, 2.75) is 33.6 Å². The zero-order valence-electron chi connectivity index (χ0n) is 15.8. The lowest BCUT2D eigenvalue weighted by Crippen LogP contribution is -2.16. The first-order valence-corrected chi connectivity index (χ1v) is 9.04. The van der Waals surface area contributed by atoms with Gasteiger partial charge in [-0.05, 0) is 50.1 Å². The van der Waals surface area contributed by atoms with E-state index in [2.05, 4.69) is 10.3 Å². The maximum absolute atomic E-state index is 12.8. The average molecular weight is 365 g/mol. The molecule has 1 amide bonds. The molecule has 0 bridgehead atoms. The zero-order chi connectivity index (χ0) is 19.4. The number of hydrogen-bond donors (Lipinski definition) is 1. The van der Waals surface area contributed by atoms with Crippen molar-refractivity contribution in [2.75, 3.05) is 11.9 Å². The maximum atomic E-state index is 12.8. The summed E-state index contributed by atoms with van der Waals surface area (Å²) in [6.07, 6.45) is 3.61. The van der Waals surface area contributed by atoms with Crippen LogP contribution in [-0.4, -0.2) is 27.9 Å². The fourth-order valence-electron chi connectivity index (χ4n) is 2.90. The summed E-state index contributed by atoms with van der Waals surface area (Å²) < 4.78 is 7.01. The van der Waals surface area contributed by atoms with Gasteiger partial charge in [-0.1, -0.05) is 25.5 Å². The van der Waals surface area contributed by atoms with Crippen LogP contribution in [0.5, 0.6) is 0 Å². The Balaban J connectivity index is 1.81. The molecule has 1 aromatic carbocycles. The van der Waals surface area contributed by atoms with Gasteiger partial charge < -0.3 is 10.1 Å². The number of pyridine rings is 1. The molecule has 0 saturated carbocycles. The number of nitrogens with zero attached hydrogens (tertiary/aromatic N) is 2. The normalized spacial score (nSPS) is 10.8. The van der Waals surface area contributed by atoms with Gasteiger partial charge in [-0.25, -0.2) is 9.78 Å². The summed E-state index contributed by atoms with van der Waals surface area (Å²) in [5, 5.41) is 2.85. The van der Waals surface area contributed by atoms with Crippen LogP contribution in [0.15, 0.2) is 42.6 Å². The van der Waals surface area contributed by atoms with Crippen molar-refractivity contribution in [2.24, 2.45) is 0 Å². The third-order valence-corrected chi connectivity index (χ3v) is 4.32. The molecule has 6 nitrogen and oxygen atoms in total. The minimum absolute atomic E-state index is 0.276. The minimum Gasteiger partial charge on any atom is -0.462 e. The molecule has 0 spiro atoms. The van der Waals surface area contributed by atoms with Gasteiger partial charge in [0.15, 0.2) is 0 Å². The van der Waals surface area contributed by atoms with Crippen LogP contribution in [0.1, 0.15) is 51.9 Å². The molecule has 140 valence electrons. The molecule has 0 aliphatic rings. The third-order valence-electron chi connectivity index (χ3n) is 4.32. The molecule has 27 heavy (non-hydrogen) atoms. The lowest BCUT2D eigenvalue weighted by atomic mass is 10.2. The van der Waals surface area contributed by atoms with E-state index < -0.39 is 0 Å². The second kappa shape index (κ2) is 8.03. The average Bonchev–Trinajstić information content (AvgIpc) is 2.99. The Hall–Kier alpha value is -3.15. The number of unbranched alkanes of at least 4 members (excludes halogenated alkanes) is 1. The highest BCUT2D eigenvalue weighted by molar-refractivity contribution is 6.05. The molecule has 0 fully saturated rings. The van der Waals surface area contributed by atoms with Gasteiger partial charge in [0, 0.05) is 11.9 Å². The number of amides is 1. The Morgan fingerprint density at radius 1 is 1.19 bits per heavy atom. The lowest BCUT2D eigenvalue weighted by molar-refractivity contribution is 0.0499. The molecule has 0 unspecified atom stereocenters. The van der Waals surface area contributed by atoms with Gasteiger partial charge in [0.25, 0.3) is 5.91 Å². The van der Waals surface area contributed by atoms with E-state index in [1.807, 2.05) is 39.1 Å². The second-order valence-electron chi connectivity index (χ2n) is 6.46. The first-order chi connectivity index (χ1) is 13.0. The number of esters is 1. The number of anilines is 1. The van der Waals surface area contributed by atoms with E-state index in [0.29, 0.717) is 29.2 Å². The largest absolute Gasteiger partial charge is 0.462 e. The highest BCUT2D eigenvalue weighted by Gasteiger charge is 2.18. The highest BCUT2D eigenvalue weighted by Crippen LogP contribution is 2.18. The summed E-state index contributed by atoms with van der Waals surface area (Å²) in [7, 11) is 0. The topological polar surface area (TPSA) is 72.7 Å². The SMILES string of the molecule is CCCCOC(=O)c1cccc(NC(=O)c2c(C)nc3c(C)cccn23)c1. The predicted octanol–water partition coefficient (Wildman–Crippen LogP) is 4.16. The Labute approximate surface area is 158 Å². The summed E-state index contributed by atoms with van der Waals surface area (Å²) >= 11 is 0. The van der Waals surface area contributed by atoms with Crippen molar-refractivity contribution in [3.8, 4) is 0 Å². The summed E-state index contributed by atoms with van der Waals surface area (Å²) in [5.74, 6) is -0.664. The summed E-state index contributed by atoms with van der Waals surface area (Å²) in [5.41, 5.74) is 3.83. The summed E-state index contributed by atoms with van der Waals surface area (Å²) in [4.78, 5) is 29.4. The molecule has 0 aliphatic carbocycles. The number of rotatable bonds is 6. The van der Waals surface area contributed by atoms with E-state index in [1.54, 1.807) is 28.7 Å². The number of carbonyl (C=O) groups is 2. The number of fused-ring (bicyclic) bond motifs is 1. The smallest absolute Gasteiger partial charge is 0.338 e. The number of aryl methyl sites for hydroxylation is 2. The van der Waals surface area contributed by atoms with Gasteiger partial charge in [0.05, 0.1) is 17.9 Å². The lowest BCUT2D eigenvalue weighted by Gasteiger charge is -2.08. The van der Waals surface area contributed by atoms with Gasteiger partial charge in [-0.2, -0.15) is 0 Å². The van der Waals surface area contributed by atoms with Crippen LogP contribution in [0.4, 0.5) is 5.69 Å². The second-order valence-corrected chi connectivity index (χ2v) is 6.46. The quantitative estimate of drug-likeness (QED) is 0.526. The van der Waals surface area contributed by atoms with Crippen LogP contribution in [0, 0.1) is 13.8 Å². The van der Waals surface area contributed by atoms with E-state index in [0.717, 1.165) is 24.1 Å². The number of nitrogens with one attached hydrogen (secondary N) is 1. The van der Waals surface area contributed by atoms with Gasteiger partial charge >= 0.3 is 5.97 Å².